The summed E-state index contributed by atoms with van der Waals surface area (Å²) in [6, 6.07) is 23.3. The molecule has 0 spiro atoms. The Balaban J connectivity index is 1.43. The molecule has 2 aliphatic heterocycles. The van der Waals surface area contributed by atoms with E-state index >= 15 is 0 Å². The number of ether oxygens (including phenoxy) is 3. The highest BCUT2D eigenvalue weighted by atomic mass is 16.5. The lowest BCUT2D eigenvalue weighted by atomic mass is 9.94. The zero-order valence-corrected chi connectivity index (χ0v) is 24.0. The maximum Gasteiger partial charge on any atom is 0.295 e. The molecule has 1 saturated heterocycles. The number of carbonyl (C=O) groups is 2. The third kappa shape index (κ3) is 5.68. The Kier molecular flexibility index (Phi) is 7.83. The van der Waals surface area contributed by atoms with Crippen molar-refractivity contribution in [3.8, 4) is 17.2 Å². The fraction of sp³-hybridized carbons (Fsp3) is 0.229. The fourth-order valence-electron chi connectivity index (χ4n) is 5.62. The topological polar surface area (TPSA) is 98.2 Å². The summed E-state index contributed by atoms with van der Waals surface area (Å²) < 4.78 is 17.9. The van der Waals surface area contributed by atoms with Gasteiger partial charge in [0.25, 0.3) is 11.7 Å². The molecule has 0 bridgehead atoms. The minimum atomic E-state index is -0.869. The van der Waals surface area contributed by atoms with Gasteiger partial charge in [0, 0.05) is 30.9 Å². The lowest BCUT2D eigenvalue weighted by molar-refractivity contribution is -0.140. The van der Waals surface area contributed by atoms with Crippen molar-refractivity contribution in [1.29, 1.82) is 0 Å². The number of ketones is 1. The predicted molar refractivity (Wildman–Crippen MR) is 161 cm³/mol. The van der Waals surface area contributed by atoms with Crippen molar-refractivity contribution in [3.05, 3.63) is 125 Å². The van der Waals surface area contributed by atoms with Crippen molar-refractivity contribution < 1.29 is 28.9 Å². The Morgan fingerprint density at radius 1 is 0.977 bits per heavy atom. The molecule has 2 atom stereocenters. The second-order valence-electron chi connectivity index (χ2n) is 10.7. The van der Waals surface area contributed by atoms with Gasteiger partial charge in [-0.3, -0.25) is 14.6 Å². The number of aliphatic hydroxyl groups excluding tert-OH is 1. The third-order valence-electron chi connectivity index (χ3n) is 7.61. The van der Waals surface area contributed by atoms with Crippen LogP contribution in [0.2, 0.25) is 0 Å². The lowest BCUT2D eigenvalue weighted by Gasteiger charge is -2.26. The molecule has 2 aliphatic rings. The van der Waals surface area contributed by atoms with Crippen LogP contribution in [-0.4, -0.2) is 39.4 Å². The summed E-state index contributed by atoms with van der Waals surface area (Å²) in [6.07, 6.45) is 4.02. The van der Waals surface area contributed by atoms with Gasteiger partial charge >= 0.3 is 0 Å². The number of carbonyl (C=O) groups excluding carboxylic acids is 2. The molecule has 8 heteroatoms. The molecule has 1 aromatic heterocycles. The quantitative estimate of drug-likeness (QED) is 0.148. The highest BCUT2D eigenvalue weighted by molar-refractivity contribution is 6.46. The molecule has 218 valence electrons. The minimum absolute atomic E-state index is 0.0150. The summed E-state index contributed by atoms with van der Waals surface area (Å²) in [6.45, 7) is 4.72. The van der Waals surface area contributed by atoms with Gasteiger partial charge in [-0.25, -0.2) is 0 Å². The van der Waals surface area contributed by atoms with Crippen molar-refractivity contribution in [1.82, 2.24) is 9.88 Å². The van der Waals surface area contributed by atoms with Gasteiger partial charge < -0.3 is 24.2 Å². The van der Waals surface area contributed by atoms with Crippen LogP contribution in [-0.2, 0) is 29.2 Å². The zero-order chi connectivity index (χ0) is 29.9. The molecular formula is C35H32N2O6. The second kappa shape index (κ2) is 12.0. The number of aromatic nitrogens is 1. The molecule has 3 heterocycles. The van der Waals surface area contributed by atoms with Crippen LogP contribution in [0.15, 0.2) is 96.8 Å². The van der Waals surface area contributed by atoms with Gasteiger partial charge in [0.1, 0.15) is 24.2 Å². The van der Waals surface area contributed by atoms with Crippen molar-refractivity contribution in [3.63, 3.8) is 0 Å². The van der Waals surface area contributed by atoms with E-state index in [4.69, 9.17) is 14.2 Å². The zero-order valence-electron chi connectivity index (χ0n) is 24.0. The van der Waals surface area contributed by atoms with E-state index in [9.17, 15) is 14.7 Å². The maximum atomic E-state index is 13.6. The molecule has 1 N–H and O–H groups in total. The average molecular weight is 577 g/mol. The first kappa shape index (κ1) is 28.0. The van der Waals surface area contributed by atoms with Gasteiger partial charge in [0.2, 0.25) is 0 Å². The number of amides is 1. The van der Waals surface area contributed by atoms with Gasteiger partial charge in [-0.15, -0.1) is 0 Å². The first-order chi connectivity index (χ1) is 20.9. The van der Waals surface area contributed by atoms with Crippen molar-refractivity contribution in [2.45, 2.75) is 45.6 Å². The summed E-state index contributed by atoms with van der Waals surface area (Å²) in [4.78, 5) is 32.8. The largest absolute Gasteiger partial charge is 0.507 e. The van der Waals surface area contributed by atoms with E-state index in [0.29, 0.717) is 42.3 Å². The smallest absolute Gasteiger partial charge is 0.295 e. The molecule has 3 aromatic carbocycles. The highest BCUT2D eigenvalue weighted by Gasteiger charge is 2.46. The van der Waals surface area contributed by atoms with E-state index < -0.39 is 17.7 Å². The van der Waals surface area contributed by atoms with E-state index in [1.165, 1.54) is 4.90 Å². The summed E-state index contributed by atoms with van der Waals surface area (Å²) in [5.41, 5.74) is 3.78. The van der Waals surface area contributed by atoms with Gasteiger partial charge in [-0.2, -0.15) is 0 Å². The second-order valence-corrected chi connectivity index (χ2v) is 10.7. The summed E-state index contributed by atoms with van der Waals surface area (Å²) in [5, 5.41) is 11.6. The lowest BCUT2D eigenvalue weighted by Crippen LogP contribution is -2.29. The monoisotopic (exact) mass is 576 g/mol. The number of benzene rings is 3. The maximum absolute atomic E-state index is 13.6. The van der Waals surface area contributed by atoms with Gasteiger partial charge in [0.15, 0.2) is 11.5 Å². The number of hydrogen-bond acceptors (Lipinski definition) is 7. The van der Waals surface area contributed by atoms with E-state index in [1.807, 2.05) is 56.3 Å². The Morgan fingerprint density at radius 3 is 2.56 bits per heavy atom. The molecule has 8 nitrogen and oxygen atoms in total. The molecule has 0 radical (unpaired) electrons. The first-order valence-corrected chi connectivity index (χ1v) is 14.3. The molecule has 4 aromatic rings. The molecular weight excluding hydrogens is 544 g/mol. The molecule has 6 rings (SSSR count). The van der Waals surface area contributed by atoms with Crippen molar-refractivity contribution in [2.75, 3.05) is 6.61 Å². The summed E-state index contributed by atoms with van der Waals surface area (Å²) in [7, 11) is 0. The number of hydrogen-bond donors (Lipinski definition) is 1. The molecule has 43 heavy (non-hydrogen) atoms. The van der Waals surface area contributed by atoms with Crippen LogP contribution in [0.25, 0.3) is 5.76 Å². The predicted octanol–water partition coefficient (Wildman–Crippen LogP) is 6.00. The average Bonchev–Trinajstić information content (AvgIpc) is 3.52. The van der Waals surface area contributed by atoms with Crippen LogP contribution in [0.4, 0.5) is 0 Å². The van der Waals surface area contributed by atoms with Gasteiger partial charge in [-0.1, -0.05) is 42.5 Å². The number of fused-ring (bicyclic) bond motifs is 1. The number of likely N-dealkylation sites (tertiary alicyclic amines) is 1. The van der Waals surface area contributed by atoms with Crippen molar-refractivity contribution >= 4 is 17.4 Å². The van der Waals surface area contributed by atoms with E-state index in [-0.39, 0.29) is 24.0 Å². The third-order valence-corrected chi connectivity index (χ3v) is 7.61. The van der Waals surface area contributed by atoms with Crippen LogP contribution in [0.1, 0.15) is 47.7 Å². The first-order valence-electron chi connectivity index (χ1n) is 14.3. The normalized spacial score (nSPS) is 18.8. The summed E-state index contributed by atoms with van der Waals surface area (Å²) in [5.74, 6) is 0.0829. The molecule has 1 fully saturated rings. The van der Waals surface area contributed by atoms with Crippen LogP contribution < -0.4 is 14.2 Å². The van der Waals surface area contributed by atoms with Crippen LogP contribution in [0, 0.1) is 0 Å². The Labute approximate surface area is 250 Å². The van der Waals surface area contributed by atoms with E-state index in [0.717, 1.165) is 22.4 Å². The SMILES string of the molecule is CCOc1cc(C2/C(=C(/O)c3ccc4c(c3)CC(C)O4)C(=O)C(=O)N2Cc2cccnc2)ccc1OCc1ccccc1. The standard InChI is InChI=1S/C35H32N2O6/c1-3-41-30-18-25(11-14-29(30)42-21-23-8-5-4-6-9-23)32-31(33(38)26-12-13-28-27(17-26)16-22(2)43-28)34(39)35(40)37(32)20-24-10-7-15-36-19-24/h4-15,17-19,22,32,38H,3,16,20-21H2,1-2H3/b33-31-. The van der Waals surface area contributed by atoms with E-state index in [2.05, 4.69) is 4.98 Å². The number of nitrogens with zero attached hydrogens (tertiary/aromatic N) is 2. The Morgan fingerprint density at radius 2 is 1.79 bits per heavy atom. The van der Waals surface area contributed by atoms with Gasteiger partial charge in [-0.05, 0) is 72.5 Å². The summed E-state index contributed by atoms with van der Waals surface area (Å²) >= 11 is 0. The highest BCUT2D eigenvalue weighted by Crippen LogP contribution is 2.43. The minimum Gasteiger partial charge on any atom is -0.507 e. The number of aliphatic hydroxyl groups is 1. The number of rotatable bonds is 9. The van der Waals surface area contributed by atoms with E-state index in [1.54, 1.807) is 48.8 Å². The fourth-order valence-corrected chi connectivity index (χ4v) is 5.62. The molecule has 0 saturated carbocycles. The molecule has 2 unspecified atom stereocenters. The van der Waals surface area contributed by atoms with Gasteiger partial charge in [0.05, 0.1) is 18.2 Å². The van der Waals surface area contributed by atoms with Crippen LogP contribution in [0.5, 0.6) is 17.2 Å². The molecule has 0 aliphatic carbocycles. The Hall–Kier alpha value is -5.11. The van der Waals surface area contributed by atoms with Crippen LogP contribution >= 0.6 is 0 Å². The molecule has 1 amide bonds. The number of Topliss-reactive ketones (excluding diaryl/α,β-unsaturated/α-hetero) is 1. The number of pyridine rings is 1. The van der Waals surface area contributed by atoms with Crippen molar-refractivity contribution in [2.24, 2.45) is 0 Å². The Bertz CT molecular complexity index is 1690. The van der Waals surface area contributed by atoms with Crippen LogP contribution in [0.3, 0.4) is 0 Å².